The quantitative estimate of drug-likeness (QED) is 0.0937. The summed E-state index contributed by atoms with van der Waals surface area (Å²) < 4.78 is 4.35. The molecule has 10 aromatic rings. The van der Waals surface area contributed by atoms with E-state index >= 15 is 0 Å². The minimum Gasteiger partial charge on any atom is -0.358 e. The molecule has 0 aliphatic carbocycles. The summed E-state index contributed by atoms with van der Waals surface area (Å²) in [6, 6.07) is 30.9. The second kappa shape index (κ2) is 26.5. The third kappa shape index (κ3) is 11.9. The van der Waals surface area contributed by atoms with Crippen LogP contribution in [0.15, 0.2) is 116 Å². The van der Waals surface area contributed by atoms with Crippen LogP contribution in [-0.4, -0.2) is 38.7 Å². The van der Waals surface area contributed by atoms with Crippen molar-refractivity contribution in [3.05, 3.63) is 151 Å². The van der Waals surface area contributed by atoms with E-state index in [2.05, 4.69) is 218 Å². The van der Waals surface area contributed by atoms with Gasteiger partial charge < -0.3 is 10.8 Å². The van der Waals surface area contributed by atoms with Crippen molar-refractivity contribution in [1.82, 2.24) is 38.7 Å². The van der Waals surface area contributed by atoms with Crippen molar-refractivity contribution in [3.8, 4) is 112 Å². The summed E-state index contributed by atoms with van der Waals surface area (Å²) in [7, 11) is 0. The maximum atomic E-state index is 6.46. The van der Waals surface area contributed by atoms with Crippen molar-refractivity contribution < 1.29 is 40.2 Å². The summed E-state index contributed by atoms with van der Waals surface area (Å²) in [5, 5.41) is 4.18. The summed E-state index contributed by atoms with van der Waals surface area (Å²) in [5.74, 6) is 34.3. The molecular weight excluding hydrogens is 1290 g/mol. The smallest absolute Gasteiger partial charge is 0.165 e. The molecular formula is C66H48Ir2N8-2. The Bertz CT molecular complexity index is 3970. The van der Waals surface area contributed by atoms with Gasteiger partial charge in [-0.1, -0.05) is 127 Å². The molecule has 0 atom stereocenters. The predicted octanol–water partition coefficient (Wildman–Crippen LogP) is 12.7. The SMILES string of the molecule is CC(C)c1cccc(C(C)C)c1-c1cnc2c3[c-]cccc3c3nccnc3n12.CC(C)c1cccc(C(C)C)c1-c1cnc2c3ccccc3c3nccnc3n12.[C-]#CC#CC#CC#CC#CC#CC#CC#C.[Ir].[Ir]. The topological polar surface area (TPSA) is 86.2 Å². The van der Waals surface area contributed by atoms with Crippen LogP contribution in [0.3, 0.4) is 0 Å². The number of terminal acetylenes is 1. The molecule has 4 aromatic carbocycles. The third-order valence-electron chi connectivity index (χ3n) is 12.1. The van der Waals surface area contributed by atoms with E-state index < -0.39 is 0 Å². The molecule has 0 spiro atoms. The van der Waals surface area contributed by atoms with Crippen molar-refractivity contribution in [2.45, 2.75) is 79.1 Å². The average Bonchev–Trinajstić information content (AvgIpc) is 4.10. The van der Waals surface area contributed by atoms with Crippen LogP contribution in [0.4, 0.5) is 0 Å². The summed E-state index contributed by atoms with van der Waals surface area (Å²) >= 11 is 0. The van der Waals surface area contributed by atoms with E-state index in [9.17, 15) is 0 Å². The molecule has 0 bridgehead atoms. The van der Waals surface area contributed by atoms with Gasteiger partial charge in [-0.05, 0) is 111 Å². The number of aromatic nitrogens is 8. The summed E-state index contributed by atoms with van der Waals surface area (Å²) in [6.07, 6.45) is 22.3. The van der Waals surface area contributed by atoms with Gasteiger partial charge in [-0.25, -0.2) is 20.9 Å². The monoisotopic (exact) mass is 1340 g/mol. The molecule has 76 heavy (non-hydrogen) atoms. The Morgan fingerprint density at radius 1 is 0.434 bits per heavy atom. The number of rotatable bonds is 6. The summed E-state index contributed by atoms with van der Waals surface area (Å²) in [6.45, 7) is 18.0. The number of nitrogens with zero attached hydrogens (tertiary/aromatic N) is 8. The minimum absolute atomic E-state index is 0. The number of benzene rings is 4. The molecule has 2 radical (unpaired) electrons. The van der Waals surface area contributed by atoms with Crippen molar-refractivity contribution in [2.75, 3.05) is 0 Å². The van der Waals surface area contributed by atoms with Gasteiger partial charge in [0.05, 0.1) is 28.7 Å². The Morgan fingerprint density at radius 3 is 1.29 bits per heavy atom. The molecule has 6 aromatic heterocycles. The number of hydrogen-bond acceptors (Lipinski definition) is 6. The molecule has 0 N–H and O–H groups in total. The maximum Gasteiger partial charge on any atom is 0.165 e. The Labute approximate surface area is 472 Å². The molecule has 372 valence electrons. The second-order valence-electron chi connectivity index (χ2n) is 18.1. The Balaban J connectivity index is 0.000000191. The molecule has 0 fully saturated rings. The standard InChI is InChI=1S/C25H24N4.C25H23N4.C16H.2Ir/c2*1-15(2)17-10-7-11-18(16(3)4)22(17)21-14-28-24-20-9-6-5-8-19(20)23-25(29(21)24)27-13-12-26-23;1-3-5-7-9-11-13-15-16-14-12-10-8-6-4-2;;/h5-16H,1-4H3;5-8,10-16H,1-4H3;1H;;/q;2*-1;;. The van der Waals surface area contributed by atoms with Crippen molar-refractivity contribution >= 4 is 55.2 Å². The van der Waals surface area contributed by atoms with Gasteiger partial charge in [0.25, 0.3) is 0 Å². The van der Waals surface area contributed by atoms with Gasteiger partial charge in [-0.15, -0.1) is 36.6 Å². The molecule has 0 aliphatic heterocycles. The van der Waals surface area contributed by atoms with Crippen molar-refractivity contribution in [2.24, 2.45) is 0 Å². The number of imidazole rings is 2. The van der Waals surface area contributed by atoms with Crippen molar-refractivity contribution in [3.63, 3.8) is 0 Å². The fourth-order valence-corrected chi connectivity index (χ4v) is 9.00. The Hall–Kier alpha value is -8.76. The first-order valence-corrected chi connectivity index (χ1v) is 24.1. The number of pyridine rings is 2. The van der Waals surface area contributed by atoms with Gasteiger partial charge in [-0.2, -0.15) is 0 Å². The van der Waals surface area contributed by atoms with Crippen molar-refractivity contribution in [1.29, 1.82) is 0 Å². The first-order valence-electron chi connectivity index (χ1n) is 24.1. The number of fused-ring (bicyclic) bond motifs is 12. The molecule has 10 rings (SSSR count). The van der Waals surface area contributed by atoms with E-state index in [1.165, 1.54) is 33.4 Å². The minimum atomic E-state index is 0. The molecule has 0 amide bonds. The van der Waals surface area contributed by atoms with E-state index in [1.807, 2.05) is 36.5 Å². The third-order valence-corrected chi connectivity index (χ3v) is 12.1. The second-order valence-corrected chi connectivity index (χ2v) is 18.1. The van der Waals surface area contributed by atoms with E-state index in [4.69, 9.17) is 32.8 Å². The van der Waals surface area contributed by atoms with E-state index in [-0.39, 0.29) is 40.2 Å². The molecule has 10 heteroatoms. The number of hydrogen-bond donors (Lipinski definition) is 0. The van der Waals surface area contributed by atoms with Crippen LogP contribution in [0.5, 0.6) is 0 Å². The zero-order valence-corrected chi connectivity index (χ0v) is 47.9. The molecule has 6 heterocycles. The summed E-state index contributed by atoms with van der Waals surface area (Å²) in [4.78, 5) is 28.5. The van der Waals surface area contributed by atoms with E-state index in [0.29, 0.717) is 23.7 Å². The van der Waals surface area contributed by atoms with Crippen LogP contribution >= 0.6 is 0 Å². The zero-order chi connectivity index (χ0) is 52.1. The van der Waals surface area contributed by atoms with Crippen LogP contribution in [0.2, 0.25) is 0 Å². The molecule has 0 saturated heterocycles. The molecule has 0 saturated carbocycles. The first-order chi connectivity index (χ1) is 36.1. The molecule has 8 nitrogen and oxygen atoms in total. The van der Waals surface area contributed by atoms with Gasteiger partial charge in [0, 0.05) is 93.1 Å². The van der Waals surface area contributed by atoms with E-state index in [1.54, 1.807) is 24.8 Å². The summed E-state index contributed by atoms with van der Waals surface area (Å²) in [5.41, 5.74) is 15.3. The van der Waals surface area contributed by atoms with Crippen LogP contribution in [0.25, 0.3) is 77.7 Å². The zero-order valence-electron chi connectivity index (χ0n) is 43.1. The van der Waals surface area contributed by atoms with Crippen LogP contribution < -0.4 is 0 Å². The predicted molar refractivity (Wildman–Crippen MR) is 300 cm³/mol. The van der Waals surface area contributed by atoms with Gasteiger partial charge in [0.2, 0.25) is 0 Å². The van der Waals surface area contributed by atoms with E-state index in [0.717, 1.165) is 66.6 Å². The van der Waals surface area contributed by atoms with Gasteiger partial charge in [0.1, 0.15) is 16.8 Å². The average molecular weight is 1340 g/mol. The maximum absolute atomic E-state index is 6.46. The molecule has 0 unspecified atom stereocenters. The Morgan fingerprint density at radius 2 is 0.829 bits per heavy atom. The van der Waals surface area contributed by atoms with Crippen LogP contribution in [-0.2, 0) is 40.2 Å². The van der Waals surface area contributed by atoms with Crippen LogP contribution in [0.1, 0.15) is 101 Å². The van der Waals surface area contributed by atoms with Gasteiger partial charge >= 0.3 is 0 Å². The first kappa shape index (κ1) is 56.5. The van der Waals surface area contributed by atoms with Crippen LogP contribution in [0, 0.1) is 102 Å². The largest absolute Gasteiger partial charge is 0.358 e. The normalized spacial score (nSPS) is 9.97. The van der Waals surface area contributed by atoms with Gasteiger partial charge in [-0.3, -0.25) is 25.3 Å². The fourth-order valence-electron chi connectivity index (χ4n) is 9.00. The fraction of sp³-hybridized carbons (Fsp3) is 0.182. The van der Waals surface area contributed by atoms with Gasteiger partial charge in [0.15, 0.2) is 5.65 Å². The molecule has 0 aliphatic rings. The Kier molecular flexibility index (Phi) is 19.7.